The summed E-state index contributed by atoms with van der Waals surface area (Å²) in [6.45, 7) is 22.3. The van der Waals surface area contributed by atoms with E-state index in [2.05, 4.69) is 39.2 Å². The van der Waals surface area contributed by atoms with Crippen LogP contribution in [-0.4, -0.2) is 42.1 Å². The smallest absolute Gasteiger partial charge is 0.413 e. The van der Waals surface area contributed by atoms with Gasteiger partial charge < -0.3 is 9.16 Å². The highest BCUT2D eigenvalue weighted by Gasteiger charge is 2.45. The van der Waals surface area contributed by atoms with Gasteiger partial charge in [0.1, 0.15) is 17.6 Å². The van der Waals surface area contributed by atoms with Crippen molar-refractivity contribution in [2.75, 3.05) is 5.32 Å². The molecule has 1 aliphatic carbocycles. The fourth-order valence-electron chi connectivity index (χ4n) is 3.47. The van der Waals surface area contributed by atoms with Gasteiger partial charge in [-0.25, -0.2) is 13.9 Å². The zero-order chi connectivity index (χ0) is 24.0. The van der Waals surface area contributed by atoms with E-state index in [1.165, 1.54) is 0 Å². The van der Waals surface area contributed by atoms with Crippen LogP contribution in [0.1, 0.15) is 86.8 Å². The largest absolute Gasteiger partial charge is 0.444 e. The van der Waals surface area contributed by atoms with Crippen molar-refractivity contribution >= 4 is 20.2 Å². The average Bonchev–Trinajstić information content (AvgIpc) is 3.08. The Hall–Kier alpha value is -1.41. The Labute approximate surface area is 188 Å². The molecule has 1 fully saturated rings. The van der Waals surface area contributed by atoms with E-state index in [0.717, 1.165) is 5.69 Å². The first-order valence-electron chi connectivity index (χ1n) is 11.2. The van der Waals surface area contributed by atoms with Crippen molar-refractivity contribution < 1.29 is 18.3 Å². The van der Waals surface area contributed by atoms with Gasteiger partial charge in [-0.3, -0.25) is 5.32 Å². The van der Waals surface area contributed by atoms with Gasteiger partial charge >= 0.3 is 6.09 Å². The Kier molecular flexibility index (Phi) is 7.09. The zero-order valence-corrected chi connectivity index (χ0v) is 22.2. The molecule has 0 radical (unpaired) electrons. The number of carbonyl (C=O) groups excluding carboxylic acids is 1. The third-order valence-electron chi connectivity index (χ3n) is 6.09. The minimum absolute atomic E-state index is 0.0309. The highest BCUT2D eigenvalue weighted by atomic mass is 28.4. The van der Waals surface area contributed by atoms with E-state index in [-0.39, 0.29) is 16.5 Å². The second kappa shape index (κ2) is 8.50. The van der Waals surface area contributed by atoms with Crippen LogP contribution in [0, 0.1) is 0 Å². The molecule has 178 valence electrons. The molecule has 1 saturated carbocycles. The number of nitrogens with one attached hydrogen (secondary N) is 1. The summed E-state index contributed by atoms with van der Waals surface area (Å²) in [5.41, 5.74) is -0.168. The summed E-state index contributed by atoms with van der Waals surface area (Å²) >= 11 is 0. The number of alkyl halides is 1. The third kappa shape index (κ3) is 6.54. The number of ether oxygens (including phenoxy) is 1. The molecule has 1 N–H and O–H groups in total. The second-order valence-corrected chi connectivity index (χ2v) is 17.0. The second-order valence-electron chi connectivity index (χ2n) is 12.3. The molecule has 0 unspecified atom stereocenters. The lowest BCUT2D eigenvalue weighted by molar-refractivity contribution is 0.0634. The standard InChI is InChI=1S/C23H42FN3O3Si/c1-21(2,3)27-19(25-20(28)29-22(4,5)6)14-17(26-27)15-12-16(24)18(13-15)30-31(10,11)23(7,8)9/h14-16,18H,12-13H2,1-11H3,(H,25,28)/t15-,16+,18-/m0/s1. The minimum Gasteiger partial charge on any atom is -0.444 e. The van der Waals surface area contributed by atoms with Crippen molar-refractivity contribution in [3.8, 4) is 0 Å². The highest BCUT2D eigenvalue weighted by Crippen LogP contribution is 2.44. The fourth-order valence-corrected chi connectivity index (χ4v) is 4.83. The maximum absolute atomic E-state index is 15.0. The molecule has 1 aromatic heterocycles. The number of carbonyl (C=O) groups is 1. The average molecular weight is 456 g/mol. The lowest BCUT2D eigenvalue weighted by Crippen LogP contribution is -2.45. The van der Waals surface area contributed by atoms with Crippen LogP contribution in [0.2, 0.25) is 18.1 Å². The summed E-state index contributed by atoms with van der Waals surface area (Å²) in [7, 11) is -2.06. The molecule has 0 saturated heterocycles. The summed E-state index contributed by atoms with van der Waals surface area (Å²) in [5, 5.41) is 7.61. The van der Waals surface area contributed by atoms with E-state index in [1.807, 2.05) is 47.6 Å². The lowest BCUT2D eigenvalue weighted by Gasteiger charge is -2.38. The van der Waals surface area contributed by atoms with Crippen LogP contribution in [-0.2, 0) is 14.7 Å². The van der Waals surface area contributed by atoms with Crippen molar-refractivity contribution in [1.82, 2.24) is 9.78 Å². The number of nitrogens with zero attached hydrogens (tertiary/aromatic N) is 2. The number of hydrogen-bond acceptors (Lipinski definition) is 4. The van der Waals surface area contributed by atoms with E-state index in [9.17, 15) is 9.18 Å². The van der Waals surface area contributed by atoms with Gasteiger partial charge in [0.25, 0.3) is 0 Å². The molecule has 0 bridgehead atoms. The van der Waals surface area contributed by atoms with Crippen LogP contribution in [0.4, 0.5) is 15.0 Å². The molecular formula is C23H42FN3O3Si. The molecule has 3 atom stereocenters. The number of hydrogen-bond donors (Lipinski definition) is 1. The highest BCUT2D eigenvalue weighted by molar-refractivity contribution is 6.74. The first kappa shape index (κ1) is 25.8. The van der Waals surface area contributed by atoms with Gasteiger partial charge in [0.15, 0.2) is 8.32 Å². The van der Waals surface area contributed by atoms with Crippen LogP contribution in [0.25, 0.3) is 0 Å². The van der Waals surface area contributed by atoms with Crippen molar-refractivity contribution in [3.63, 3.8) is 0 Å². The minimum atomic E-state index is -2.06. The Bertz CT molecular complexity index is 787. The molecule has 0 aliphatic heterocycles. The molecule has 31 heavy (non-hydrogen) atoms. The van der Waals surface area contributed by atoms with Gasteiger partial charge in [0, 0.05) is 12.0 Å². The Morgan fingerprint density at radius 3 is 2.19 bits per heavy atom. The van der Waals surface area contributed by atoms with Gasteiger partial charge in [-0.1, -0.05) is 20.8 Å². The maximum atomic E-state index is 15.0. The quantitative estimate of drug-likeness (QED) is 0.520. The fraction of sp³-hybridized carbons (Fsp3) is 0.826. The monoisotopic (exact) mass is 455 g/mol. The van der Waals surface area contributed by atoms with Crippen LogP contribution >= 0.6 is 0 Å². The Morgan fingerprint density at radius 2 is 1.71 bits per heavy atom. The van der Waals surface area contributed by atoms with Gasteiger partial charge in [-0.15, -0.1) is 0 Å². The van der Waals surface area contributed by atoms with Gasteiger partial charge in [0.2, 0.25) is 0 Å². The topological polar surface area (TPSA) is 65.4 Å². The van der Waals surface area contributed by atoms with Gasteiger partial charge in [-0.05, 0) is 72.5 Å². The molecule has 0 spiro atoms. The first-order chi connectivity index (χ1) is 13.8. The summed E-state index contributed by atoms with van der Waals surface area (Å²) in [6.07, 6.45) is -0.972. The van der Waals surface area contributed by atoms with Crippen LogP contribution in [0.15, 0.2) is 6.07 Å². The predicted molar refractivity (Wildman–Crippen MR) is 126 cm³/mol. The van der Waals surface area contributed by atoms with Crippen LogP contribution < -0.4 is 5.32 Å². The molecule has 1 heterocycles. The first-order valence-corrected chi connectivity index (χ1v) is 14.1. The summed E-state index contributed by atoms with van der Waals surface area (Å²) in [6, 6.07) is 1.85. The SMILES string of the molecule is CC(C)(C)OC(=O)Nc1cc([C@H]2C[C@@H](F)[C@@H](O[Si](C)(C)C(C)(C)C)C2)nn1C(C)(C)C. The maximum Gasteiger partial charge on any atom is 0.413 e. The predicted octanol–water partition coefficient (Wildman–Crippen LogP) is 6.59. The van der Waals surface area contributed by atoms with E-state index in [0.29, 0.717) is 18.7 Å². The van der Waals surface area contributed by atoms with Crippen molar-refractivity contribution in [3.05, 3.63) is 11.8 Å². The molecule has 1 amide bonds. The number of aromatic nitrogens is 2. The normalized spacial score (nSPS) is 23.2. The molecule has 1 aromatic rings. The van der Waals surface area contributed by atoms with E-state index < -0.39 is 32.3 Å². The number of anilines is 1. The molecular weight excluding hydrogens is 413 g/mol. The van der Waals surface area contributed by atoms with Gasteiger partial charge in [-0.2, -0.15) is 5.10 Å². The van der Waals surface area contributed by atoms with Crippen LogP contribution in [0.3, 0.4) is 0 Å². The summed E-state index contributed by atoms with van der Waals surface area (Å²) in [5.74, 6) is 0.508. The Morgan fingerprint density at radius 1 is 1.13 bits per heavy atom. The molecule has 6 nitrogen and oxygen atoms in total. The van der Waals surface area contributed by atoms with Crippen LogP contribution in [0.5, 0.6) is 0 Å². The molecule has 2 rings (SSSR count). The number of amides is 1. The number of rotatable bonds is 4. The lowest BCUT2D eigenvalue weighted by atomic mass is 10.0. The summed E-state index contributed by atoms with van der Waals surface area (Å²) in [4.78, 5) is 12.3. The van der Waals surface area contributed by atoms with E-state index in [1.54, 1.807) is 4.68 Å². The molecule has 0 aromatic carbocycles. The molecule has 8 heteroatoms. The van der Waals surface area contributed by atoms with Crippen molar-refractivity contribution in [2.24, 2.45) is 0 Å². The van der Waals surface area contributed by atoms with Gasteiger partial charge in [0.05, 0.1) is 17.3 Å². The third-order valence-corrected chi connectivity index (χ3v) is 10.6. The van der Waals surface area contributed by atoms with Crippen molar-refractivity contribution in [1.29, 1.82) is 0 Å². The number of halogens is 1. The zero-order valence-electron chi connectivity index (χ0n) is 21.2. The molecule has 1 aliphatic rings. The van der Waals surface area contributed by atoms with E-state index in [4.69, 9.17) is 14.3 Å². The van der Waals surface area contributed by atoms with E-state index >= 15 is 0 Å². The van der Waals surface area contributed by atoms with Crippen molar-refractivity contribution in [2.45, 2.75) is 123 Å². The summed E-state index contributed by atoms with van der Waals surface area (Å²) < 4.78 is 28.5. The Balaban J connectivity index is 2.23.